The first-order valence-corrected chi connectivity index (χ1v) is 5.32. The Morgan fingerprint density at radius 1 is 1.25 bits per heavy atom. The highest BCUT2D eigenvalue weighted by Gasteiger charge is 2.27. The van der Waals surface area contributed by atoms with E-state index in [9.17, 15) is 9.59 Å². The fourth-order valence-electron chi connectivity index (χ4n) is 0.984. The Kier molecular flexibility index (Phi) is 5.44. The van der Waals surface area contributed by atoms with Crippen molar-refractivity contribution in [3.05, 3.63) is 0 Å². The number of hydrogen-bond donors (Lipinski definition) is 3. The van der Waals surface area contributed by atoms with Crippen molar-refractivity contribution in [1.29, 1.82) is 0 Å². The third-order valence-corrected chi connectivity index (χ3v) is 2.72. The molecule has 2 unspecified atom stereocenters. The van der Waals surface area contributed by atoms with Crippen molar-refractivity contribution in [2.24, 2.45) is 17.3 Å². The maximum Gasteiger partial charge on any atom is 0.307 e. The van der Waals surface area contributed by atoms with Gasteiger partial charge in [0.1, 0.15) is 0 Å². The number of amides is 1. The summed E-state index contributed by atoms with van der Waals surface area (Å²) < 4.78 is 0. The first-order valence-electron chi connectivity index (χ1n) is 5.32. The molecular formula is C11H21NO4. The van der Waals surface area contributed by atoms with Crippen LogP contribution in [0.1, 0.15) is 27.7 Å². The highest BCUT2D eigenvalue weighted by molar-refractivity contribution is 5.84. The smallest absolute Gasteiger partial charge is 0.307 e. The van der Waals surface area contributed by atoms with Crippen LogP contribution >= 0.6 is 0 Å². The third-order valence-electron chi connectivity index (χ3n) is 2.72. The topological polar surface area (TPSA) is 86.6 Å². The quantitative estimate of drug-likeness (QED) is 0.620. The number of nitrogens with one attached hydrogen (secondary N) is 1. The lowest BCUT2D eigenvalue weighted by molar-refractivity contribution is -0.146. The lowest BCUT2D eigenvalue weighted by Gasteiger charge is -2.24. The number of rotatable bonds is 6. The molecule has 5 nitrogen and oxygen atoms in total. The Bertz CT molecular complexity index is 263. The third kappa shape index (κ3) is 4.61. The molecule has 0 rings (SSSR count). The van der Waals surface area contributed by atoms with Crippen molar-refractivity contribution in [3.8, 4) is 0 Å². The minimum Gasteiger partial charge on any atom is -0.481 e. The second-order valence-corrected chi connectivity index (χ2v) is 4.96. The van der Waals surface area contributed by atoms with Crippen molar-refractivity contribution in [1.82, 2.24) is 5.32 Å². The van der Waals surface area contributed by atoms with Crippen LogP contribution in [0.5, 0.6) is 0 Å². The van der Waals surface area contributed by atoms with E-state index in [1.54, 1.807) is 6.92 Å². The van der Waals surface area contributed by atoms with Crippen molar-refractivity contribution in [2.45, 2.75) is 27.7 Å². The van der Waals surface area contributed by atoms with Gasteiger partial charge in [-0.2, -0.15) is 0 Å². The number of aliphatic hydroxyl groups excluding tert-OH is 1. The largest absolute Gasteiger partial charge is 0.481 e. The van der Waals surface area contributed by atoms with Gasteiger partial charge in [-0.15, -0.1) is 0 Å². The first kappa shape index (κ1) is 14.9. The first-order chi connectivity index (χ1) is 7.21. The predicted octanol–water partition coefficient (Wildman–Crippen LogP) is 0.478. The van der Waals surface area contributed by atoms with Gasteiger partial charge in [0.05, 0.1) is 5.92 Å². The van der Waals surface area contributed by atoms with Crippen molar-refractivity contribution in [3.63, 3.8) is 0 Å². The minimum absolute atomic E-state index is 0.0316. The summed E-state index contributed by atoms with van der Waals surface area (Å²) in [4.78, 5) is 22.3. The van der Waals surface area contributed by atoms with Crippen LogP contribution in [0.3, 0.4) is 0 Å². The van der Waals surface area contributed by atoms with Gasteiger partial charge in [-0.05, 0) is 0 Å². The molecule has 0 aromatic carbocycles. The molecule has 0 aliphatic rings. The van der Waals surface area contributed by atoms with Gasteiger partial charge in [0.25, 0.3) is 0 Å². The summed E-state index contributed by atoms with van der Waals surface area (Å²) in [7, 11) is 0. The summed E-state index contributed by atoms with van der Waals surface area (Å²) in [6.07, 6.45) is 0. The fourth-order valence-corrected chi connectivity index (χ4v) is 0.984. The van der Waals surface area contributed by atoms with E-state index in [2.05, 4.69) is 5.32 Å². The van der Waals surface area contributed by atoms with Crippen LogP contribution in [0, 0.1) is 17.3 Å². The molecule has 0 heterocycles. The molecule has 0 fully saturated rings. The van der Waals surface area contributed by atoms with E-state index >= 15 is 0 Å². The number of aliphatic carboxylic acids is 1. The summed E-state index contributed by atoms with van der Waals surface area (Å²) in [6, 6.07) is 0. The highest BCUT2D eigenvalue weighted by Crippen LogP contribution is 2.14. The maximum absolute atomic E-state index is 11.6. The summed E-state index contributed by atoms with van der Waals surface area (Å²) in [5, 5.41) is 20.4. The number of carbonyl (C=O) groups is 2. The minimum atomic E-state index is -0.982. The molecule has 16 heavy (non-hydrogen) atoms. The van der Waals surface area contributed by atoms with Gasteiger partial charge in [0, 0.05) is 24.5 Å². The van der Waals surface area contributed by atoms with E-state index in [1.165, 1.54) is 6.92 Å². The van der Waals surface area contributed by atoms with Crippen molar-refractivity contribution < 1.29 is 19.8 Å². The van der Waals surface area contributed by atoms with Gasteiger partial charge in [0.15, 0.2) is 0 Å². The van der Waals surface area contributed by atoms with E-state index in [1.807, 2.05) is 13.8 Å². The number of carbonyl (C=O) groups excluding carboxylic acids is 1. The Balaban J connectivity index is 4.22. The molecule has 3 N–H and O–H groups in total. The zero-order chi connectivity index (χ0) is 12.9. The Labute approximate surface area is 95.9 Å². The average molecular weight is 231 g/mol. The number of carboxylic acids is 1. The molecule has 0 aliphatic carbocycles. The molecule has 94 valence electrons. The van der Waals surface area contributed by atoms with E-state index < -0.39 is 17.8 Å². The predicted molar refractivity (Wildman–Crippen MR) is 59.8 cm³/mol. The molecule has 0 aromatic rings. The highest BCUT2D eigenvalue weighted by atomic mass is 16.4. The molecule has 0 spiro atoms. The average Bonchev–Trinajstić information content (AvgIpc) is 2.23. The monoisotopic (exact) mass is 231 g/mol. The molecule has 0 aliphatic heterocycles. The van der Waals surface area contributed by atoms with Gasteiger partial charge >= 0.3 is 5.97 Å². The molecule has 0 bridgehead atoms. The molecule has 0 saturated heterocycles. The summed E-state index contributed by atoms with van der Waals surface area (Å²) in [6.45, 7) is 7.02. The van der Waals surface area contributed by atoms with Crippen LogP contribution in [-0.4, -0.2) is 35.2 Å². The van der Waals surface area contributed by atoms with Crippen LogP contribution in [0.15, 0.2) is 0 Å². The van der Waals surface area contributed by atoms with Gasteiger partial charge in [-0.3, -0.25) is 9.59 Å². The zero-order valence-electron chi connectivity index (χ0n) is 10.3. The molecule has 0 aromatic heterocycles. The van der Waals surface area contributed by atoms with Crippen LogP contribution in [0.4, 0.5) is 0 Å². The van der Waals surface area contributed by atoms with Crippen LogP contribution in [0.2, 0.25) is 0 Å². The SMILES string of the molecule is CC(C(=O)O)C(C)C(=O)NCC(C)(C)CO. The summed E-state index contributed by atoms with van der Waals surface area (Å²) >= 11 is 0. The van der Waals surface area contributed by atoms with E-state index in [0.29, 0.717) is 6.54 Å². The van der Waals surface area contributed by atoms with Gasteiger partial charge in [-0.25, -0.2) is 0 Å². The molecule has 5 heteroatoms. The Morgan fingerprint density at radius 2 is 1.75 bits per heavy atom. The standard InChI is InChI=1S/C11H21NO4/c1-7(8(2)10(15)16)9(14)12-5-11(3,4)6-13/h7-8,13H,5-6H2,1-4H3,(H,12,14)(H,15,16). The molecule has 2 atom stereocenters. The number of hydrogen-bond acceptors (Lipinski definition) is 3. The van der Waals surface area contributed by atoms with Gasteiger partial charge < -0.3 is 15.5 Å². The molecule has 0 radical (unpaired) electrons. The number of carboxylic acid groups (broad SMARTS) is 1. The van der Waals surface area contributed by atoms with Crippen LogP contribution < -0.4 is 5.32 Å². The Hall–Kier alpha value is -1.10. The van der Waals surface area contributed by atoms with Gasteiger partial charge in [0.2, 0.25) is 5.91 Å². The molecule has 1 amide bonds. The maximum atomic E-state index is 11.6. The van der Waals surface area contributed by atoms with E-state index in [0.717, 1.165) is 0 Å². The van der Waals surface area contributed by atoms with Crippen molar-refractivity contribution in [2.75, 3.05) is 13.2 Å². The second kappa shape index (κ2) is 5.84. The zero-order valence-corrected chi connectivity index (χ0v) is 10.3. The lowest BCUT2D eigenvalue weighted by Crippen LogP contribution is -2.41. The van der Waals surface area contributed by atoms with E-state index in [-0.39, 0.29) is 17.9 Å². The molecular weight excluding hydrogens is 210 g/mol. The second-order valence-electron chi connectivity index (χ2n) is 4.96. The summed E-state index contributed by atoms with van der Waals surface area (Å²) in [5.74, 6) is -2.57. The van der Waals surface area contributed by atoms with Crippen LogP contribution in [0.25, 0.3) is 0 Å². The summed E-state index contributed by atoms with van der Waals surface area (Å²) in [5.41, 5.74) is -0.387. The Morgan fingerprint density at radius 3 is 2.12 bits per heavy atom. The van der Waals surface area contributed by atoms with Crippen LogP contribution in [-0.2, 0) is 9.59 Å². The van der Waals surface area contributed by atoms with Crippen molar-refractivity contribution >= 4 is 11.9 Å². The number of aliphatic hydroxyl groups is 1. The normalized spacial score (nSPS) is 15.3. The van der Waals surface area contributed by atoms with E-state index in [4.69, 9.17) is 10.2 Å². The molecule has 0 saturated carbocycles. The van der Waals surface area contributed by atoms with Gasteiger partial charge in [-0.1, -0.05) is 27.7 Å². The lowest BCUT2D eigenvalue weighted by atomic mass is 9.92. The fraction of sp³-hybridized carbons (Fsp3) is 0.818.